The van der Waals surface area contributed by atoms with Crippen LogP contribution >= 0.6 is 0 Å². The Morgan fingerprint density at radius 1 is 1.64 bits per heavy atom. The lowest BCUT2D eigenvalue weighted by molar-refractivity contribution is 0.0799. The summed E-state index contributed by atoms with van der Waals surface area (Å²) in [6, 6.07) is 7.97. The minimum atomic E-state index is -0.0406. The lowest BCUT2D eigenvalue weighted by atomic mass is 10.2. The molecule has 0 aliphatic carbocycles. The van der Waals surface area contributed by atoms with Crippen molar-refractivity contribution in [2.75, 3.05) is 20.7 Å². The van der Waals surface area contributed by atoms with Crippen LogP contribution in [0.4, 0.5) is 0 Å². The van der Waals surface area contributed by atoms with Crippen LogP contribution in [0.25, 0.3) is 0 Å². The number of ether oxygens (including phenoxy) is 1. The van der Waals surface area contributed by atoms with Gasteiger partial charge in [0, 0.05) is 13.6 Å². The third kappa shape index (κ3) is 2.05. The third-order valence-electron chi connectivity index (χ3n) is 2.10. The number of rotatable bonds is 3. The van der Waals surface area contributed by atoms with Gasteiger partial charge in [0.15, 0.2) is 0 Å². The summed E-state index contributed by atoms with van der Waals surface area (Å²) in [6.45, 7) is 2.61. The molecule has 3 nitrogen and oxygen atoms in total. The van der Waals surface area contributed by atoms with Crippen molar-refractivity contribution in [1.82, 2.24) is 4.90 Å². The van der Waals surface area contributed by atoms with Gasteiger partial charge in [0.25, 0.3) is 5.91 Å². The summed E-state index contributed by atoms with van der Waals surface area (Å²) in [5, 5.41) is 0. The van der Waals surface area contributed by atoms with Crippen molar-refractivity contribution in [2.24, 2.45) is 0 Å². The van der Waals surface area contributed by atoms with Crippen LogP contribution in [-0.4, -0.2) is 31.5 Å². The predicted octanol–water partition coefficient (Wildman–Crippen LogP) is 1.59. The number of nitrogens with zero attached hydrogens (tertiary/aromatic N) is 1. The molecule has 75 valence electrons. The van der Waals surface area contributed by atoms with Crippen molar-refractivity contribution >= 4 is 5.91 Å². The second-order valence-corrected chi connectivity index (χ2v) is 2.95. The van der Waals surface area contributed by atoms with E-state index in [2.05, 4.69) is 6.07 Å². The molecule has 0 saturated carbocycles. The van der Waals surface area contributed by atoms with Crippen molar-refractivity contribution in [3.05, 3.63) is 29.8 Å². The average Bonchev–Trinajstić information content (AvgIpc) is 2.26. The van der Waals surface area contributed by atoms with E-state index >= 15 is 0 Å². The van der Waals surface area contributed by atoms with Crippen LogP contribution in [0, 0.1) is 6.07 Å². The highest BCUT2D eigenvalue weighted by Gasteiger charge is 2.14. The van der Waals surface area contributed by atoms with Crippen molar-refractivity contribution < 1.29 is 9.53 Å². The monoisotopic (exact) mass is 192 g/mol. The van der Waals surface area contributed by atoms with Gasteiger partial charge in [-0.2, -0.15) is 0 Å². The summed E-state index contributed by atoms with van der Waals surface area (Å²) in [5.41, 5.74) is 0.555. The Balaban J connectivity index is 3.00. The van der Waals surface area contributed by atoms with Gasteiger partial charge in [-0.05, 0) is 25.1 Å². The maximum absolute atomic E-state index is 11.8. The van der Waals surface area contributed by atoms with Gasteiger partial charge < -0.3 is 9.64 Å². The zero-order chi connectivity index (χ0) is 10.6. The molecule has 0 N–H and O–H groups in total. The highest BCUT2D eigenvalue weighted by Crippen LogP contribution is 2.18. The number of benzene rings is 1. The van der Waals surface area contributed by atoms with Crippen molar-refractivity contribution in [3.8, 4) is 5.75 Å². The van der Waals surface area contributed by atoms with E-state index in [0.717, 1.165) is 0 Å². The SMILES string of the molecule is CCN(C)C(=O)c1c[c]ccc1OC. The normalized spacial score (nSPS) is 9.64. The van der Waals surface area contributed by atoms with Crippen LogP contribution in [-0.2, 0) is 0 Å². The van der Waals surface area contributed by atoms with Crippen LogP contribution in [0.5, 0.6) is 5.75 Å². The summed E-state index contributed by atoms with van der Waals surface area (Å²) in [6.07, 6.45) is 0. The average molecular weight is 192 g/mol. The maximum Gasteiger partial charge on any atom is 0.257 e. The second kappa shape index (κ2) is 4.65. The molecule has 0 atom stereocenters. The first-order valence-corrected chi connectivity index (χ1v) is 4.50. The van der Waals surface area contributed by atoms with Gasteiger partial charge in [0.1, 0.15) is 5.75 Å². The van der Waals surface area contributed by atoms with Crippen LogP contribution < -0.4 is 4.74 Å². The standard InChI is InChI=1S/C11H14NO2/c1-4-12(2)11(13)9-7-5-6-8-10(9)14-3/h6-8H,4H2,1-3H3. The molecule has 1 amide bonds. The minimum absolute atomic E-state index is 0.0406. The zero-order valence-electron chi connectivity index (χ0n) is 8.70. The van der Waals surface area contributed by atoms with Gasteiger partial charge in [-0.1, -0.05) is 6.07 Å². The van der Waals surface area contributed by atoms with E-state index in [1.165, 1.54) is 0 Å². The topological polar surface area (TPSA) is 29.5 Å². The number of amides is 1. The first kappa shape index (κ1) is 10.6. The molecule has 1 radical (unpaired) electrons. The Morgan fingerprint density at radius 3 is 2.93 bits per heavy atom. The van der Waals surface area contributed by atoms with Crippen LogP contribution in [0.2, 0.25) is 0 Å². The Kier molecular flexibility index (Phi) is 3.51. The largest absolute Gasteiger partial charge is 0.496 e. The first-order chi connectivity index (χ1) is 6.70. The molecule has 0 aliphatic heterocycles. The number of carbonyl (C=O) groups is 1. The molecule has 1 aromatic rings. The quantitative estimate of drug-likeness (QED) is 0.727. The van der Waals surface area contributed by atoms with E-state index in [1.807, 2.05) is 6.92 Å². The molecule has 3 heteroatoms. The summed E-state index contributed by atoms with van der Waals surface area (Å²) >= 11 is 0. The number of methoxy groups -OCH3 is 1. The fourth-order valence-electron chi connectivity index (χ4n) is 1.11. The lowest BCUT2D eigenvalue weighted by Crippen LogP contribution is -2.26. The smallest absolute Gasteiger partial charge is 0.257 e. The Labute approximate surface area is 84.3 Å². The van der Waals surface area contributed by atoms with Crippen LogP contribution in [0.1, 0.15) is 17.3 Å². The molecule has 0 spiro atoms. The molecule has 0 aromatic heterocycles. The van der Waals surface area contributed by atoms with Crippen LogP contribution in [0.15, 0.2) is 18.2 Å². The molecule has 0 bridgehead atoms. The van der Waals surface area contributed by atoms with E-state index in [-0.39, 0.29) is 5.91 Å². The van der Waals surface area contributed by atoms with E-state index in [1.54, 1.807) is 37.3 Å². The van der Waals surface area contributed by atoms with Crippen molar-refractivity contribution in [1.29, 1.82) is 0 Å². The maximum atomic E-state index is 11.8. The van der Waals surface area contributed by atoms with Gasteiger partial charge >= 0.3 is 0 Å². The van der Waals surface area contributed by atoms with E-state index in [9.17, 15) is 4.79 Å². The molecule has 1 aromatic carbocycles. The molecule has 0 fully saturated rings. The fourth-order valence-corrected chi connectivity index (χ4v) is 1.11. The Bertz CT molecular complexity index is 323. The summed E-state index contributed by atoms with van der Waals surface area (Å²) in [5.74, 6) is 0.551. The van der Waals surface area contributed by atoms with E-state index < -0.39 is 0 Å². The number of carbonyl (C=O) groups excluding carboxylic acids is 1. The highest BCUT2D eigenvalue weighted by molar-refractivity contribution is 5.96. The molecule has 0 heterocycles. The second-order valence-electron chi connectivity index (χ2n) is 2.95. The predicted molar refractivity (Wildman–Crippen MR) is 54.5 cm³/mol. The summed E-state index contributed by atoms with van der Waals surface area (Å²) in [4.78, 5) is 13.4. The lowest BCUT2D eigenvalue weighted by Gasteiger charge is -2.15. The van der Waals surface area contributed by atoms with E-state index in [0.29, 0.717) is 17.9 Å². The molecular weight excluding hydrogens is 178 g/mol. The van der Waals surface area contributed by atoms with Gasteiger partial charge in [-0.25, -0.2) is 0 Å². The molecule has 0 aliphatic rings. The zero-order valence-corrected chi connectivity index (χ0v) is 8.70. The summed E-state index contributed by atoms with van der Waals surface area (Å²) < 4.78 is 5.09. The van der Waals surface area contributed by atoms with Crippen LogP contribution in [0.3, 0.4) is 0 Å². The van der Waals surface area contributed by atoms with E-state index in [4.69, 9.17) is 4.74 Å². The molecule has 1 rings (SSSR count). The Morgan fingerprint density at radius 2 is 2.36 bits per heavy atom. The van der Waals surface area contributed by atoms with Gasteiger partial charge in [-0.3, -0.25) is 4.79 Å². The minimum Gasteiger partial charge on any atom is -0.496 e. The molecular formula is C11H14NO2. The highest BCUT2D eigenvalue weighted by atomic mass is 16.5. The number of hydrogen-bond acceptors (Lipinski definition) is 2. The summed E-state index contributed by atoms with van der Waals surface area (Å²) in [7, 11) is 3.31. The van der Waals surface area contributed by atoms with Gasteiger partial charge in [0.2, 0.25) is 0 Å². The van der Waals surface area contributed by atoms with Gasteiger partial charge in [-0.15, -0.1) is 0 Å². The molecule has 14 heavy (non-hydrogen) atoms. The fraction of sp³-hybridized carbons (Fsp3) is 0.364. The Hall–Kier alpha value is -1.51. The van der Waals surface area contributed by atoms with Crippen molar-refractivity contribution in [2.45, 2.75) is 6.92 Å². The molecule has 0 unspecified atom stereocenters. The number of hydrogen-bond donors (Lipinski definition) is 0. The van der Waals surface area contributed by atoms with Gasteiger partial charge in [0.05, 0.1) is 12.7 Å². The van der Waals surface area contributed by atoms with Crippen molar-refractivity contribution in [3.63, 3.8) is 0 Å². The first-order valence-electron chi connectivity index (χ1n) is 4.50. The third-order valence-corrected chi connectivity index (χ3v) is 2.10. The molecule has 0 saturated heterocycles.